The number of amides is 1. The maximum absolute atomic E-state index is 12.0. The van der Waals surface area contributed by atoms with E-state index in [1.807, 2.05) is 41.1 Å². The molecule has 3 rings (SSSR count). The zero-order valence-electron chi connectivity index (χ0n) is 11.5. The van der Waals surface area contributed by atoms with E-state index in [0.717, 1.165) is 15.7 Å². The lowest BCUT2D eigenvalue weighted by molar-refractivity contribution is -0.116. The van der Waals surface area contributed by atoms with Gasteiger partial charge in [0.1, 0.15) is 0 Å². The van der Waals surface area contributed by atoms with Gasteiger partial charge >= 0.3 is 0 Å². The molecule has 112 valence electrons. The van der Waals surface area contributed by atoms with Gasteiger partial charge in [0.15, 0.2) is 0 Å². The van der Waals surface area contributed by atoms with Crippen molar-refractivity contribution in [1.29, 1.82) is 0 Å². The highest BCUT2D eigenvalue weighted by Gasteiger charge is 2.11. The van der Waals surface area contributed by atoms with E-state index < -0.39 is 0 Å². The Morgan fingerprint density at radius 3 is 2.95 bits per heavy atom. The molecule has 1 aromatic carbocycles. The highest BCUT2D eigenvalue weighted by molar-refractivity contribution is 9.10. The van der Waals surface area contributed by atoms with Gasteiger partial charge in [-0.05, 0) is 39.5 Å². The van der Waals surface area contributed by atoms with Crippen LogP contribution in [0.3, 0.4) is 0 Å². The van der Waals surface area contributed by atoms with Crippen molar-refractivity contribution in [3.63, 3.8) is 0 Å². The first-order chi connectivity index (χ1) is 10.7. The number of benzene rings is 1. The molecule has 0 aliphatic carbocycles. The van der Waals surface area contributed by atoms with Gasteiger partial charge in [-0.2, -0.15) is 16.3 Å². The largest absolute Gasteiger partial charge is 0.339 e. The van der Waals surface area contributed by atoms with Gasteiger partial charge in [0.2, 0.25) is 17.6 Å². The molecule has 2 aromatic heterocycles. The molecule has 0 saturated carbocycles. The first kappa shape index (κ1) is 14.9. The molecule has 0 radical (unpaired) electrons. The van der Waals surface area contributed by atoms with E-state index in [-0.39, 0.29) is 12.3 Å². The van der Waals surface area contributed by atoms with Gasteiger partial charge in [0.05, 0.1) is 5.69 Å². The number of aryl methyl sites for hydroxylation is 1. The zero-order chi connectivity index (χ0) is 15.4. The van der Waals surface area contributed by atoms with Crippen LogP contribution in [-0.4, -0.2) is 16.0 Å². The fourth-order valence-corrected chi connectivity index (χ4v) is 2.88. The Morgan fingerprint density at radius 2 is 2.18 bits per heavy atom. The van der Waals surface area contributed by atoms with E-state index in [2.05, 4.69) is 31.4 Å². The van der Waals surface area contributed by atoms with Gasteiger partial charge in [0.25, 0.3) is 0 Å². The second-order valence-corrected chi connectivity index (χ2v) is 6.19. The summed E-state index contributed by atoms with van der Waals surface area (Å²) < 4.78 is 6.02. The van der Waals surface area contributed by atoms with Crippen LogP contribution in [0.2, 0.25) is 0 Å². The Balaban J connectivity index is 1.56. The summed E-state index contributed by atoms with van der Waals surface area (Å²) in [5.74, 6) is 0.924. The van der Waals surface area contributed by atoms with Crippen molar-refractivity contribution in [3.8, 4) is 11.4 Å². The van der Waals surface area contributed by atoms with Crippen LogP contribution in [0.1, 0.15) is 12.3 Å². The number of halogens is 1. The highest BCUT2D eigenvalue weighted by Crippen LogP contribution is 2.22. The highest BCUT2D eigenvalue weighted by atomic mass is 79.9. The van der Waals surface area contributed by atoms with Crippen LogP contribution in [0, 0.1) is 0 Å². The van der Waals surface area contributed by atoms with E-state index >= 15 is 0 Å². The van der Waals surface area contributed by atoms with E-state index in [0.29, 0.717) is 18.1 Å². The van der Waals surface area contributed by atoms with Gasteiger partial charge in [-0.3, -0.25) is 4.79 Å². The minimum absolute atomic E-state index is 0.0952. The van der Waals surface area contributed by atoms with Crippen LogP contribution in [0.15, 0.2) is 50.1 Å². The molecule has 0 saturated heterocycles. The van der Waals surface area contributed by atoms with Crippen LogP contribution in [0.4, 0.5) is 5.69 Å². The SMILES string of the molecule is O=C(CCc1nc(-c2ccsc2)no1)Nc1ccccc1Br. The van der Waals surface area contributed by atoms with E-state index in [1.54, 1.807) is 11.3 Å². The average molecular weight is 378 g/mol. The number of carbonyl (C=O) groups is 1. The van der Waals surface area contributed by atoms with E-state index in [4.69, 9.17) is 4.52 Å². The Bertz CT molecular complexity index is 771. The van der Waals surface area contributed by atoms with Gasteiger partial charge in [-0.1, -0.05) is 17.3 Å². The van der Waals surface area contributed by atoms with Crippen molar-refractivity contribution in [1.82, 2.24) is 10.1 Å². The average Bonchev–Trinajstić information content (AvgIpc) is 3.18. The van der Waals surface area contributed by atoms with Crippen molar-refractivity contribution in [2.45, 2.75) is 12.8 Å². The number of hydrogen-bond acceptors (Lipinski definition) is 5. The van der Waals surface area contributed by atoms with Crippen LogP contribution < -0.4 is 5.32 Å². The molecule has 0 aliphatic rings. The lowest BCUT2D eigenvalue weighted by Gasteiger charge is -2.05. The minimum atomic E-state index is -0.0952. The molecule has 0 spiro atoms. The summed E-state index contributed by atoms with van der Waals surface area (Å²) in [4.78, 5) is 16.2. The second-order valence-electron chi connectivity index (χ2n) is 4.55. The van der Waals surface area contributed by atoms with Crippen molar-refractivity contribution in [2.75, 3.05) is 5.32 Å². The molecule has 7 heteroatoms. The monoisotopic (exact) mass is 377 g/mol. The molecule has 0 bridgehead atoms. The normalized spacial score (nSPS) is 10.6. The summed E-state index contributed by atoms with van der Waals surface area (Å²) in [5, 5.41) is 10.7. The summed E-state index contributed by atoms with van der Waals surface area (Å²) >= 11 is 4.97. The predicted octanol–water partition coefficient (Wildman–Crippen LogP) is 4.13. The molecule has 1 amide bonds. The number of rotatable bonds is 5. The number of para-hydroxylation sites is 1. The van der Waals surface area contributed by atoms with Crippen molar-refractivity contribution in [2.24, 2.45) is 0 Å². The number of nitrogens with zero attached hydrogens (tertiary/aromatic N) is 2. The van der Waals surface area contributed by atoms with Crippen molar-refractivity contribution >= 4 is 38.9 Å². The minimum Gasteiger partial charge on any atom is -0.339 e. The Morgan fingerprint density at radius 1 is 1.32 bits per heavy atom. The molecule has 2 heterocycles. The summed E-state index contributed by atoms with van der Waals surface area (Å²) in [7, 11) is 0. The standard InChI is InChI=1S/C15H12BrN3O2S/c16-11-3-1-2-4-12(11)17-13(20)5-6-14-18-15(19-21-14)10-7-8-22-9-10/h1-4,7-9H,5-6H2,(H,17,20). The molecular weight excluding hydrogens is 366 g/mol. The first-order valence-corrected chi connectivity index (χ1v) is 8.35. The molecule has 1 N–H and O–H groups in total. The van der Waals surface area contributed by atoms with Crippen LogP contribution in [0.25, 0.3) is 11.4 Å². The van der Waals surface area contributed by atoms with Gasteiger partial charge in [-0.15, -0.1) is 0 Å². The quantitative estimate of drug-likeness (QED) is 0.725. The summed E-state index contributed by atoms with van der Waals surface area (Å²) in [6.07, 6.45) is 0.694. The third kappa shape index (κ3) is 3.61. The lowest BCUT2D eigenvalue weighted by Crippen LogP contribution is -2.12. The first-order valence-electron chi connectivity index (χ1n) is 6.62. The summed E-state index contributed by atoms with van der Waals surface area (Å²) in [6, 6.07) is 9.40. The predicted molar refractivity (Wildman–Crippen MR) is 88.7 cm³/mol. The van der Waals surface area contributed by atoms with Crippen LogP contribution in [0.5, 0.6) is 0 Å². The fraction of sp³-hybridized carbons (Fsp3) is 0.133. The van der Waals surface area contributed by atoms with Crippen molar-refractivity contribution < 1.29 is 9.32 Å². The van der Waals surface area contributed by atoms with Crippen molar-refractivity contribution in [3.05, 3.63) is 51.5 Å². The summed E-state index contributed by atoms with van der Waals surface area (Å²) in [5.41, 5.74) is 1.68. The number of aromatic nitrogens is 2. The molecule has 0 unspecified atom stereocenters. The number of carbonyl (C=O) groups excluding carboxylic acids is 1. The van der Waals surface area contributed by atoms with Crippen LogP contribution >= 0.6 is 27.3 Å². The third-order valence-corrected chi connectivity index (χ3v) is 4.34. The molecule has 22 heavy (non-hydrogen) atoms. The molecule has 0 atom stereocenters. The van der Waals surface area contributed by atoms with Gasteiger partial charge < -0.3 is 9.84 Å². The molecular formula is C15H12BrN3O2S. The number of anilines is 1. The van der Waals surface area contributed by atoms with Gasteiger partial charge in [-0.25, -0.2) is 0 Å². The second kappa shape index (κ2) is 6.85. The molecule has 0 fully saturated rings. The zero-order valence-corrected chi connectivity index (χ0v) is 13.9. The molecule has 5 nitrogen and oxygen atoms in total. The Hall–Kier alpha value is -1.99. The van der Waals surface area contributed by atoms with E-state index in [1.165, 1.54) is 0 Å². The van der Waals surface area contributed by atoms with Gasteiger partial charge in [0, 0.05) is 28.3 Å². The summed E-state index contributed by atoms with van der Waals surface area (Å²) in [6.45, 7) is 0. The van der Waals surface area contributed by atoms with Crippen LogP contribution in [-0.2, 0) is 11.2 Å². The molecule has 3 aromatic rings. The number of hydrogen-bond donors (Lipinski definition) is 1. The Labute approximate surface area is 139 Å². The smallest absolute Gasteiger partial charge is 0.227 e. The number of nitrogens with one attached hydrogen (secondary N) is 1. The molecule has 0 aliphatic heterocycles. The fourth-order valence-electron chi connectivity index (χ4n) is 1.86. The van der Waals surface area contributed by atoms with E-state index in [9.17, 15) is 4.79 Å². The Kier molecular flexibility index (Phi) is 4.65. The topological polar surface area (TPSA) is 68.0 Å². The maximum Gasteiger partial charge on any atom is 0.227 e. The number of thiophene rings is 1. The lowest BCUT2D eigenvalue weighted by atomic mass is 10.2. The third-order valence-electron chi connectivity index (χ3n) is 2.96. The maximum atomic E-state index is 12.0.